The molecule has 102 valence electrons. The third kappa shape index (κ3) is 4.68. The molecular formula is C16H35B. The minimum atomic E-state index is 0.801. The first-order chi connectivity index (χ1) is 7.73. The van der Waals surface area contributed by atoms with Gasteiger partial charge in [0.05, 0.1) is 0 Å². The van der Waals surface area contributed by atoms with Crippen LogP contribution < -0.4 is 0 Å². The number of hydrogen-bond donors (Lipinski definition) is 0. The van der Waals surface area contributed by atoms with Gasteiger partial charge >= 0.3 is 0 Å². The molecule has 1 heteroatoms. The maximum absolute atomic E-state index is 2.42. The van der Waals surface area contributed by atoms with Gasteiger partial charge in [-0.1, -0.05) is 92.1 Å². The minimum Gasteiger partial charge on any atom is -0.0693 e. The zero-order valence-corrected chi connectivity index (χ0v) is 13.7. The molecule has 0 saturated carbocycles. The minimum absolute atomic E-state index is 0.801. The summed E-state index contributed by atoms with van der Waals surface area (Å²) in [5.41, 5.74) is 0. The molecule has 0 aliphatic heterocycles. The van der Waals surface area contributed by atoms with Gasteiger partial charge in [-0.05, 0) is 11.8 Å². The van der Waals surface area contributed by atoms with Gasteiger partial charge < -0.3 is 0 Å². The Morgan fingerprint density at radius 1 is 0.706 bits per heavy atom. The van der Waals surface area contributed by atoms with Crippen LogP contribution in [0, 0.1) is 17.8 Å². The van der Waals surface area contributed by atoms with E-state index in [1.54, 1.807) is 0 Å². The predicted octanol–water partition coefficient (Wildman–Crippen LogP) is 6.01. The third-order valence-electron chi connectivity index (χ3n) is 4.58. The van der Waals surface area contributed by atoms with E-state index < -0.39 is 0 Å². The van der Waals surface area contributed by atoms with Crippen LogP contribution in [0.25, 0.3) is 0 Å². The van der Waals surface area contributed by atoms with Gasteiger partial charge in [-0.3, -0.25) is 0 Å². The molecule has 0 fully saturated rings. The maximum Gasteiger partial charge on any atom is 0.149 e. The summed E-state index contributed by atoms with van der Waals surface area (Å²) in [6.07, 6.45) is 1.33. The highest BCUT2D eigenvalue weighted by atomic mass is 14.3. The van der Waals surface area contributed by atoms with Gasteiger partial charge in [-0.15, -0.1) is 0 Å². The molecule has 0 N–H and O–H groups in total. The first-order valence-corrected chi connectivity index (χ1v) is 7.73. The van der Waals surface area contributed by atoms with Crippen LogP contribution in [-0.4, -0.2) is 6.71 Å². The van der Waals surface area contributed by atoms with Crippen LogP contribution in [0.1, 0.15) is 68.7 Å². The van der Waals surface area contributed by atoms with E-state index in [1.165, 1.54) is 6.42 Å². The van der Waals surface area contributed by atoms with E-state index in [0.717, 1.165) is 41.9 Å². The lowest BCUT2D eigenvalue weighted by Crippen LogP contribution is -2.37. The lowest BCUT2D eigenvalue weighted by Gasteiger charge is -2.40. The number of hydrogen-bond acceptors (Lipinski definition) is 0. The Morgan fingerprint density at radius 3 is 1.29 bits per heavy atom. The van der Waals surface area contributed by atoms with Crippen molar-refractivity contribution >= 4 is 6.71 Å². The second-order valence-corrected chi connectivity index (χ2v) is 7.20. The Kier molecular flexibility index (Phi) is 7.52. The lowest BCUT2D eigenvalue weighted by molar-refractivity contribution is 0.300. The summed E-state index contributed by atoms with van der Waals surface area (Å²) in [5, 5.41) is 0. The average molecular weight is 238 g/mol. The molecule has 2 unspecified atom stereocenters. The zero-order valence-electron chi connectivity index (χ0n) is 13.7. The Bertz CT molecular complexity index is 186. The highest BCUT2D eigenvalue weighted by molar-refractivity contribution is 6.63. The zero-order chi connectivity index (χ0) is 13.7. The summed E-state index contributed by atoms with van der Waals surface area (Å²) < 4.78 is 0. The van der Waals surface area contributed by atoms with Gasteiger partial charge in [-0.2, -0.15) is 0 Å². The van der Waals surface area contributed by atoms with E-state index in [9.17, 15) is 0 Å². The topological polar surface area (TPSA) is 0 Å². The Balaban J connectivity index is 5.16. The van der Waals surface area contributed by atoms with Crippen LogP contribution in [0.5, 0.6) is 0 Å². The number of rotatable bonds is 7. The summed E-state index contributed by atoms with van der Waals surface area (Å²) in [6, 6.07) is 0. The lowest BCUT2D eigenvalue weighted by atomic mass is 9.25. The Morgan fingerprint density at radius 2 is 1.12 bits per heavy atom. The summed E-state index contributed by atoms with van der Waals surface area (Å²) in [7, 11) is 0. The van der Waals surface area contributed by atoms with Crippen molar-refractivity contribution in [2.24, 2.45) is 17.8 Å². The molecular weight excluding hydrogens is 203 g/mol. The van der Waals surface area contributed by atoms with Crippen molar-refractivity contribution in [2.45, 2.75) is 86.2 Å². The molecule has 0 aliphatic carbocycles. The Hall–Kier alpha value is 0.0649. The average Bonchev–Trinajstić information content (AvgIpc) is 2.15. The van der Waals surface area contributed by atoms with Crippen molar-refractivity contribution < 1.29 is 0 Å². The first kappa shape index (κ1) is 17.1. The predicted molar refractivity (Wildman–Crippen MR) is 83.2 cm³/mol. The molecule has 0 aromatic heterocycles. The van der Waals surface area contributed by atoms with Gasteiger partial charge in [0.2, 0.25) is 0 Å². The van der Waals surface area contributed by atoms with E-state index in [1.807, 2.05) is 0 Å². The quantitative estimate of drug-likeness (QED) is 0.476. The van der Waals surface area contributed by atoms with Crippen molar-refractivity contribution in [1.82, 2.24) is 0 Å². The first-order valence-electron chi connectivity index (χ1n) is 7.73. The molecule has 0 nitrogen and oxygen atoms in total. The highest BCUT2D eigenvalue weighted by Gasteiger charge is 2.38. The van der Waals surface area contributed by atoms with Crippen LogP contribution in [0.4, 0.5) is 0 Å². The van der Waals surface area contributed by atoms with E-state index in [-0.39, 0.29) is 0 Å². The molecule has 2 atom stereocenters. The normalized spacial score (nSPS) is 16.1. The van der Waals surface area contributed by atoms with Gasteiger partial charge in [0.15, 0.2) is 0 Å². The fourth-order valence-corrected chi connectivity index (χ4v) is 4.07. The van der Waals surface area contributed by atoms with Gasteiger partial charge in [0, 0.05) is 0 Å². The molecule has 0 heterocycles. The van der Waals surface area contributed by atoms with E-state index in [2.05, 4.69) is 62.3 Å². The van der Waals surface area contributed by atoms with Gasteiger partial charge in [0.1, 0.15) is 6.71 Å². The molecule has 0 amide bonds. The van der Waals surface area contributed by atoms with E-state index in [0.29, 0.717) is 0 Å². The van der Waals surface area contributed by atoms with Crippen molar-refractivity contribution in [3.05, 3.63) is 0 Å². The van der Waals surface area contributed by atoms with E-state index in [4.69, 9.17) is 0 Å². The summed E-state index contributed by atoms with van der Waals surface area (Å²) >= 11 is 0. The molecule has 0 bridgehead atoms. The van der Waals surface area contributed by atoms with E-state index >= 15 is 0 Å². The van der Waals surface area contributed by atoms with Crippen molar-refractivity contribution in [2.75, 3.05) is 0 Å². The van der Waals surface area contributed by atoms with Gasteiger partial charge in [0.25, 0.3) is 0 Å². The van der Waals surface area contributed by atoms with Crippen molar-refractivity contribution in [3.8, 4) is 0 Å². The molecule has 0 spiro atoms. The molecule has 0 radical (unpaired) electrons. The van der Waals surface area contributed by atoms with Crippen LogP contribution in [0.2, 0.25) is 17.5 Å². The SMILES string of the molecule is CCC(C(C)C)C(B(C(C)C)C(C)C)C(C)C. The second-order valence-electron chi connectivity index (χ2n) is 7.20. The molecule has 0 aromatic carbocycles. The molecule has 0 aliphatic rings. The Labute approximate surface area is 111 Å². The second kappa shape index (κ2) is 7.49. The fraction of sp³-hybridized carbons (Fsp3) is 1.00. The highest BCUT2D eigenvalue weighted by Crippen LogP contribution is 2.44. The summed E-state index contributed by atoms with van der Waals surface area (Å²) in [6.45, 7) is 22.5. The fourth-order valence-electron chi connectivity index (χ4n) is 4.07. The van der Waals surface area contributed by atoms with Crippen LogP contribution in [0.3, 0.4) is 0 Å². The van der Waals surface area contributed by atoms with Crippen molar-refractivity contribution in [1.29, 1.82) is 0 Å². The third-order valence-corrected chi connectivity index (χ3v) is 4.58. The smallest absolute Gasteiger partial charge is 0.0693 e. The molecule has 0 aromatic rings. The monoisotopic (exact) mass is 238 g/mol. The molecule has 0 saturated heterocycles. The van der Waals surface area contributed by atoms with Crippen molar-refractivity contribution in [3.63, 3.8) is 0 Å². The largest absolute Gasteiger partial charge is 0.149 e. The van der Waals surface area contributed by atoms with Crippen LogP contribution in [-0.2, 0) is 0 Å². The van der Waals surface area contributed by atoms with Crippen LogP contribution >= 0.6 is 0 Å². The standard InChI is InChI=1S/C16H35B/c1-10-15(11(2)3)16(12(4)5)17(13(6)7)14(8)9/h11-16H,10H2,1-9H3. The molecule has 17 heavy (non-hydrogen) atoms. The van der Waals surface area contributed by atoms with Gasteiger partial charge in [-0.25, -0.2) is 0 Å². The molecule has 0 rings (SSSR count). The van der Waals surface area contributed by atoms with Crippen LogP contribution in [0.15, 0.2) is 0 Å². The summed E-state index contributed by atoms with van der Waals surface area (Å²) in [4.78, 5) is 0. The maximum atomic E-state index is 2.42. The summed E-state index contributed by atoms with van der Waals surface area (Å²) in [5.74, 6) is 4.97.